The number of aromatic carboxylic acids is 1. The molecule has 0 fully saturated rings. The highest BCUT2D eigenvalue weighted by Gasteiger charge is 2.23. The molecular weight excluding hydrogens is 306 g/mol. The van der Waals surface area contributed by atoms with Gasteiger partial charge in [0.15, 0.2) is 0 Å². The van der Waals surface area contributed by atoms with Crippen LogP contribution in [0.4, 0.5) is 0 Å². The molecule has 2 aromatic rings. The molecule has 2 rings (SSSR count). The molecule has 0 aliphatic heterocycles. The van der Waals surface area contributed by atoms with Crippen LogP contribution in [0.2, 0.25) is 0 Å². The molecule has 24 heavy (non-hydrogen) atoms. The van der Waals surface area contributed by atoms with Crippen LogP contribution in [-0.4, -0.2) is 26.8 Å². The minimum absolute atomic E-state index is 0.0553. The quantitative estimate of drug-likeness (QED) is 0.853. The van der Waals surface area contributed by atoms with Gasteiger partial charge in [0.25, 0.3) is 5.91 Å². The fourth-order valence-corrected chi connectivity index (χ4v) is 2.62. The molecule has 0 bridgehead atoms. The molecule has 128 valence electrons. The van der Waals surface area contributed by atoms with Gasteiger partial charge in [-0.15, -0.1) is 0 Å². The number of hydrogen-bond donors (Lipinski definition) is 2. The Hall–Kier alpha value is -2.63. The highest BCUT2D eigenvalue weighted by Crippen LogP contribution is 2.21. The van der Waals surface area contributed by atoms with Crippen molar-refractivity contribution in [3.8, 4) is 0 Å². The molecule has 6 nitrogen and oxygen atoms in total. The Balaban J connectivity index is 2.23. The van der Waals surface area contributed by atoms with E-state index in [0.717, 1.165) is 5.56 Å². The second-order valence-electron chi connectivity index (χ2n) is 6.09. The van der Waals surface area contributed by atoms with Crippen molar-refractivity contribution in [2.45, 2.75) is 39.2 Å². The molecule has 1 amide bonds. The van der Waals surface area contributed by atoms with Gasteiger partial charge in [-0.05, 0) is 23.5 Å². The maximum Gasteiger partial charge on any atom is 0.339 e. The molecule has 1 heterocycles. The Labute approximate surface area is 141 Å². The van der Waals surface area contributed by atoms with E-state index < -0.39 is 11.9 Å². The lowest BCUT2D eigenvalue weighted by Gasteiger charge is -2.18. The van der Waals surface area contributed by atoms with E-state index in [4.69, 9.17) is 0 Å². The van der Waals surface area contributed by atoms with Crippen molar-refractivity contribution in [2.75, 3.05) is 0 Å². The third kappa shape index (κ3) is 3.64. The Morgan fingerprint density at radius 3 is 2.29 bits per heavy atom. The maximum atomic E-state index is 12.5. The van der Waals surface area contributed by atoms with Gasteiger partial charge in [0, 0.05) is 7.05 Å². The summed E-state index contributed by atoms with van der Waals surface area (Å²) < 4.78 is 1.29. The van der Waals surface area contributed by atoms with E-state index in [9.17, 15) is 14.7 Å². The number of aryl methyl sites for hydroxylation is 1. The van der Waals surface area contributed by atoms with Crippen molar-refractivity contribution in [2.24, 2.45) is 7.05 Å². The third-order valence-electron chi connectivity index (χ3n) is 4.10. The van der Waals surface area contributed by atoms with Crippen LogP contribution in [-0.2, 0) is 7.05 Å². The SMILES string of the molecule is CCC(NC(=O)c1c(C(=O)O)cnn1C)c1ccc(C(C)C)cc1. The zero-order chi connectivity index (χ0) is 17.9. The summed E-state index contributed by atoms with van der Waals surface area (Å²) in [5, 5.41) is 16.0. The largest absolute Gasteiger partial charge is 0.478 e. The summed E-state index contributed by atoms with van der Waals surface area (Å²) in [6, 6.07) is 7.94. The summed E-state index contributed by atoms with van der Waals surface area (Å²) in [5.41, 5.74) is 2.19. The standard InChI is InChI=1S/C18H23N3O3/c1-5-15(13-8-6-12(7-9-13)11(2)3)20-17(22)16-14(18(23)24)10-19-21(16)4/h6-11,15H,5H2,1-4H3,(H,20,22)(H,23,24). The van der Waals surface area contributed by atoms with Crippen LogP contribution < -0.4 is 5.32 Å². The first-order valence-electron chi connectivity index (χ1n) is 8.01. The van der Waals surface area contributed by atoms with Gasteiger partial charge in [0.1, 0.15) is 11.3 Å². The summed E-state index contributed by atoms with van der Waals surface area (Å²) in [6.45, 7) is 6.23. The Morgan fingerprint density at radius 2 is 1.79 bits per heavy atom. The highest BCUT2D eigenvalue weighted by atomic mass is 16.4. The van der Waals surface area contributed by atoms with E-state index in [1.165, 1.54) is 16.4 Å². The fourth-order valence-electron chi connectivity index (χ4n) is 2.62. The minimum Gasteiger partial charge on any atom is -0.478 e. The first kappa shape index (κ1) is 17.7. The molecule has 1 atom stereocenters. The average Bonchev–Trinajstić information content (AvgIpc) is 2.94. The number of amides is 1. The molecule has 0 spiro atoms. The second-order valence-corrected chi connectivity index (χ2v) is 6.09. The lowest BCUT2D eigenvalue weighted by molar-refractivity contribution is 0.0690. The summed E-state index contributed by atoms with van der Waals surface area (Å²) in [7, 11) is 1.56. The summed E-state index contributed by atoms with van der Waals surface area (Å²) in [4.78, 5) is 23.8. The number of hydrogen-bond acceptors (Lipinski definition) is 3. The maximum absolute atomic E-state index is 12.5. The lowest BCUT2D eigenvalue weighted by Crippen LogP contribution is -2.31. The van der Waals surface area contributed by atoms with Gasteiger partial charge < -0.3 is 10.4 Å². The Bertz CT molecular complexity index is 732. The van der Waals surface area contributed by atoms with Crippen molar-refractivity contribution in [3.63, 3.8) is 0 Å². The van der Waals surface area contributed by atoms with Crippen LogP contribution in [0.3, 0.4) is 0 Å². The predicted molar refractivity (Wildman–Crippen MR) is 91.2 cm³/mol. The first-order chi connectivity index (χ1) is 11.3. The lowest BCUT2D eigenvalue weighted by atomic mass is 9.98. The molecule has 0 aliphatic rings. The number of nitrogens with zero attached hydrogens (tertiary/aromatic N) is 2. The van der Waals surface area contributed by atoms with Crippen molar-refractivity contribution in [1.29, 1.82) is 0 Å². The van der Waals surface area contributed by atoms with E-state index in [1.807, 2.05) is 19.1 Å². The monoisotopic (exact) mass is 329 g/mol. The first-order valence-corrected chi connectivity index (χ1v) is 8.01. The molecule has 0 saturated carbocycles. The van der Waals surface area contributed by atoms with Crippen LogP contribution in [0, 0.1) is 0 Å². The van der Waals surface area contributed by atoms with Crippen molar-refractivity contribution < 1.29 is 14.7 Å². The van der Waals surface area contributed by atoms with Crippen LogP contribution in [0.1, 0.15) is 71.1 Å². The predicted octanol–water partition coefficient (Wildman–Crippen LogP) is 3.12. The minimum atomic E-state index is -1.16. The normalized spacial score (nSPS) is 12.2. The van der Waals surface area contributed by atoms with Gasteiger partial charge in [0.05, 0.1) is 12.2 Å². The number of carbonyl (C=O) groups excluding carboxylic acids is 1. The number of carboxylic acids is 1. The molecule has 1 unspecified atom stereocenters. The molecule has 2 N–H and O–H groups in total. The molecule has 0 radical (unpaired) electrons. The topological polar surface area (TPSA) is 84.2 Å². The molecule has 0 saturated heterocycles. The fraction of sp³-hybridized carbons (Fsp3) is 0.389. The van der Waals surface area contributed by atoms with Gasteiger partial charge in [-0.1, -0.05) is 45.0 Å². The third-order valence-corrected chi connectivity index (χ3v) is 4.10. The second kappa shape index (κ2) is 7.29. The summed E-state index contributed by atoms with van der Waals surface area (Å²) >= 11 is 0. The number of aromatic nitrogens is 2. The molecular formula is C18H23N3O3. The van der Waals surface area contributed by atoms with Gasteiger partial charge in [-0.2, -0.15) is 5.10 Å². The van der Waals surface area contributed by atoms with Crippen LogP contribution in [0.5, 0.6) is 0 Å². The molecule has 1 aromatic carbocycles. The highest BCUT2D eigenvalue weighted by molar-refractivity contribution is 6.03. The van der Waals surface area contributed by atoms with Gasteiger partial charge in [0.2, 0.25) is 0 Å². The zero-order valence-electron chi connectivity index (χ0n) is 14.4. The van der Waals surface area contributed by atoms with E-state index in [1.54, 1.807) is 7.05 Å². The van der Waals surface area contributed by atoms with Gasteiger partial charge in [-0.25, -0.2) is 4.79 Å². The van der Waals surface area contributed by atoms with Crippen molar-refractivity contribution in [3.05, 3.63) is 52.8 Å². The summed E-state index contributed by atoms with van der Waals surface area (Å²) in [6.07, 6.45) is 1.89. The molecule has 6 heteroatoms. The number of carbonyl (C=O) groups is 2. The number of rotatable bonds is 6. The Kier molecular flexibility index (Phi) is 5.39. The van der Waals surface area contributed by atoms with E-state index in [-0.39, 0.29) is 17.3 Å². The van der Waals surface area contributed by atoms with Gasteiger partial charge >= 0.3 is 5.97 Å². The van der Waals surface area contributed by atoms with E-state index in [2.05, 4.69) is 36.4 Å². The van der Waals surface area contributed by atoms with Crippen molar-refractivity contribution in [1.82, 2.24) is 15.1 Å². The number of benzene rings is 1. The van der Waals surface area contributed by atoms with Crippen LogP contribution in [0.25, 0.3) is 0 Å². The molecule has 0 aliphatic carbocycles. The average molecular weight is 329 g/mol. The smallest absolute Gasteiger partial charge is 0.339 e. The molecule has 1 aromatic heterocycles. The van der Waals surface area contributed by atoms with Crippen LogP contribution in [0.15, 0.2) is 30.5 Å². The zero-order valence-corrected chi connectivity index (χ0v) is 14.4. The number of nitrogens with one attached hydrogen (secondary N) is 1. The van der Waals surface area contributed by atoms with E-state index >= 15 is 0 Å². The van der Waals surface area contributed by atoms with Gasteiger partial charge in [-0.3, -0.25) is 9.48 Å². The van der Waals surface area contributed by atoms with Crippen molar-refractivity contribution >= 4 is 11.9 Å². The van der Waals surface area contributed by atoms with E-state index in [0.29, 0.717) is 12.3 Å². The Morgan fingerprint density at radius 1 is 1.21 bits per heavy atom. The van der Waals surface area contributed by atoms with Crippen LogP contribution >= 0.6 is 0 Å². The summed E-state index contributed by atoms with van der Waals surface area (Å²) in [5.74, 6) is -1.16. The number of carboxylic acid groups (broad SMARTS) is 1.